The van der Waals surface area contributed by atoms with Gasteiger partial charge in [-0.2, -0.15) is 31.6 Å². The van der Waals surface area contributed by atoms with Crippen molar-refractivity contribution in [2.24, 2.45) is 10.8 Å². The summed E-state index contributed by atoms with van der Waals surface area (Å²) < 4.78 is 5.06. The summed E-state index contributed by atoms with van der Waals surface area (Å²) in [4.78, 5) is 0. The van der Waals surface area contributed by atoms with Crippen molar-refractivity contribution in [2.75, 3.05) is 6.61 Å². The molecule has 0 heterocycles. The Morgan fingerprint density at radius 1 is 0.762 bits per heavy atom. The van der Waals surface area contributed by atoms with Gasteiger partial charge in [-0.15, -0.1) is 0 Å². The zero-order valence-corrected chi connectivity index (χ0v) is 11.7. The Morgan fingerprint density at radius 3 is 1.48 bits per heavy atom. The Kier molecular flexibility index (Phi) is 5.87. The fourth-order valence-corrected chi connectivity index (χ4v) is 2.12. The number of hydrogen-bond donors (Lipinski definition) is 0. The summed E-state index contributed by atoms with van der Waals surface area (Å²) in [6.45, 7) is 3.00. The third-order valence-electron chi connectivity index (χ3n) is 3.19. The lowest BCUT2D eigenvalue weighted by atomic mass is 9.56. The maximum absolute atomic E-state index is 9.47. The molecule has 0 spiro atoms. The van der Waals surface area contributed by atoms with Crippen LogP contribution in [-0.4, -0.2) is 12.2 Å². The Balaban J connectivity index is 6.77. The van der Waals surface area contributed by atoms with Crippen LogP contribution in [-0.2, 0) is 4.74 Å². The molecule has 7 nitrogen and oxygen atoms in total. The maximum atomic E-state index is 9.47. The van der Waals surface area contributed by atoms with Crippen LogP contribution < -0.4 is 0 Å². The third-order valence-corrected chi connectivity index (χ3v) is 3.19. The minimum absolute atomic E-state index is 0.134. The minimum atomic E-state index is -2.54. The highest BCUT2D eigenvalue weighted by atomic mass is 16.5. The second-order valence-electron chi connectivity index (χ2n) is 4.19. The van der Waals surface area contributed by atoms with Gasteiger partial charge < -0.3 is 4.74 Å². The first-order valence-electron chi connectivity index (χ1n) is 6.10. The molecule has 0 aromatic heterocycles. The fraction of sp³-hybridized carbons (Fsp3) is 0.571. The first-order valence-corrected chi connectivity index (χ1v) is 6.10. The molecule has 104 valence electrons. The maximum Gasteiger partial charge on any atom is 0.276 e. The molecule has 0 fully saturated rings. The first-order chi connectivity index (χ1) is 9.99. The number of nitriles is 6. The van der Waals surface area contributed by atoms with E-state index in [-0.39, 0.29) is 13.0 Å². The van der Waals surface area contributed by atoms with Crippen molar-refractivity contribution in [1.82, 2.24) is 0 Å². The van der Waals surface area contributed by atoms with Gasteiger partial charge in [0.25, 0.3) is 5.60 Å². The standard InChI is InChI=1S/C14H12N6O/c1-3-5-12(6-15,7-16)13(8-17,9-18)14(10-19,11-20)21-4-2/h3-5H2,1-2H3. The molecule has 0 aliphatic rings. The summed E-state index contributed by atoms with van der Waals surface area (Å²) in [5, 5.41) is 56.3. The van der Waals surface area contributed by atoms with E-state index in [2.05, 4.69) is 0 Å². The van der Waals surface area contributed by atoms with Crippen molar-refractivity contribution >= 4 is 0 Å². The molecule has 0 amide bonds. The molecule has 0 aromatic carbocycles. The summed E-state index contributed by atoms with van der Waals surface area (Å²) in [5.41, 5.74) is -7.21. The van der Waals surface area contributed by atoms with Crippen LogP contribution in [0.25, 0.3) is 0 Å². The molecular formula is C14H12N6O. The van der Waals surface area contributed by atoms with Gasteiger partial charge in [0, 0.05) is 6.61 Å². The summed E-state index contributed by atoms with van der Waals surface area (Å²) in [6, 6.07) is 9.42. The molecule has 0 atom stereocenters. The monoisotopic (exact) mass is 280 g/mol. The van der Waals surface area contributed by atoms with E-state index < -0.39 is 16.4 Å². The van der Waals surface area contributed by atoms with E-state index >= 15 is 0 Å². The molecule has 0 saturated carbocycles. The van der Waals surface area contributed by atoms with E-state index in [1.54, 1.807) is 31.2 Å². The van der Waals surface area contributed by atoms with Gasteiger partial charge in [0.1, 0.15) is 12.1 Å². The van der Waals surface area contributed by atoms with E-state index in [0.29, 0.717) is 6.42 Å². The van der Waals surface area contributed by atoms with Crippen LogP contribution in [0.3, 0.4) is 0 Å². The number of rotatable bonds is 6. The fourth-order valence-electron chi connectivity index (χ4n) is 2.12. The number of ether oxygens (including phenoxy) is 1. The van der Waals surface area contributed by atoms with Crippen molar-refractivity contribution in [1.29, 1.82) is 31.6 Å². The molecule has 0 aromatic rings. The molecule has 0 bridgehead atoms. The Hall–Kier alpha value is -3.10. The lowest BCUT2D eigenvalue weighted by Gasteiger charge is -2.38. The van der Waals surface area contributed by atoms with Gasteiger partial charge in [-0.1, -0.05) is 13.3 Å². The van der Waals surface area contributed by atoms with Crippen molar-refractivity contribution in [2.45, 2.75) is 32.3 Å². The van der Waals surface area contributed by atoms with Gasteiger partial charge in [-0.05, 0) is 13.3 Å². The second kappa shape index (κ2) is 6.89. The summed E-state index contributed by atoms with van der Waals surface area (Å²) in [5.74, 6) is 0. The second-order valence-corrected chi connectivity index (χ2v) is 4.19. The quantitative estimate of drug-likeness (QED) is 0.717. The Labute approximate surface area is 123 Å². The lowest BCUT2D eigenvalue weighted by molar-refractivity contribution is -0.0335. The van der Waals surface area contributed by atoms with Gasteiger partial charge in [0.2, 0.25) is 5.41 Å². The number of nitrogens with zero attached hydrogens (tertiary/aromatic N) is 6. The SMILES string of the molecule is CCCC(C#N)(C#N)C(C#N)(C#N)C(C#N)(C#N)OCC. The van der Waals surface area contributed by atoms with Crippen LogP contribution in [0, 0.1) is 78.8 Å². The topological polar surface area (TPSA) is 152 Å². The van der Waals surface area contributed by atoms with Crippen molar-refractivity contribution in [3.8, 4) is 36.4 Å². The molecule has 0 saturated heterocycles. The zero-order chi connectivity index (χ0) is 16.6. The van der Waals surface area contributed by atoms with Gasteiger partial charge in [-0.25, -0.2) is 0 Å². The third kappa shape index (κ3) is 2.24. The molecule has 0 aliphatic heterocycles. The molecule has 0 aliphatic carbocycles. The zero-order valence-electron chi connectivity index (χ0n) is 11.7. The van der Waals surface area contributed by atoms with Crippen molar-refractivity contribution in [3.05, 3.63) is 0 Å². The van der Waals surface area contributed by atoms with Crippen LogP contribution in [0.4, 0.5) is 0 Å². The predicted molar refractivity (Wildman–Crippen MR) is 67.8 cm³/mol. The van der Waals surface area contributed by atoms with E-state index in [1.165, 1.54) is 19.1 Å². The minimum Gasteiger partial charge on any atom is -0.346 e. The van der Waals surface area contributed by atoms with E-state index in [4.69, 9.17) is 4.74 Å². The van der Waals surface area contributed by atoms with Gasteiger partial charge in [0.05, 0.1) is 24.3 Å². The van der Waals surface area contributed by atoms with Crippen LogP contribution >= 0.6 is 0 Å². The largest absolute Gasteiger partial charge is 0.346 e. The van der Waals surface area contributed by atoms with Gasteiger partial charge >= 0.3 is 0 Å². The smallest absolute Gasteiger partial charge is 0.276 e. The van der Waals surface area contributed by atoms with Crippen LogP contribution in [0.1, 0.15) is 26.7 Å². The Morgan fingerprint density at radius 2 is 1.24 bits per heavy atom. The average Bonchev–Trinajstić information content (AvgIpc) is 2.53. The Bertz CT molecular complexity index is 554. The van der Waals surface area contributed by atoms with Crippen LogP contribution in [0.15, 0.2) is 0 Å². The highest BCUT2D eigenvalue weighted by molar-refractivity contribution is 5.47. The molecule has 0 radical (unpaired) electrons. The predicted octanol–water partition coefficient (Wildman–Crippen LogP) is 1.68. The highest BCUT2D eigenvalue weighted by Crippen LogP contribution is 2.50. The average molecular weight is 280 g/mol. The van der Waals surface area contributed by atoms with Crippen molar-refractivity contribution in [3.63, 3.8) is 0 Å². The van der Waals surface area contributed by atoms with E-state index in [1.807, 2.05) is 0 Å². The molecule has 21 heavy (non-hydrogen) atoms. The van der Waals surface area contributed by atoms with Gasteiger partial charge in [0.15, 0.2) is 5.41 Å². The van der Waals surface area contributed by atoms with Crippen LogP contribution in [0.5, 0.6) is 0 Å². The number of hydrogen-bond acceptors (Lipinski definition) is 7. The summed E-state index contributed by atoms with van der Waals surface area (Å²) in [6.07, 6.45) is 0.171. The van der Waals surface area contributed by atoms with E-state index in [0.717, 1.165) is 0 Å². The summed E-state index contributed by atoms with van der Waals surface area (Å²) >= 11 is 0. The normalized spacial score (nSPS) is 10.9. The molecular weight excluding hydrogens is 268 g/mol. The molecule has 0 unspecified atom stereocenters. The van der Waals surface area contributed by atoms with Crippen molar-refractivity contribution < 1.29 is 4.74 Å². The molecule has 0 rings (SSSR count). The molecule has 7 heteroatoms. The first kappa shape index (κ1) is 17.9. The van der Waals surface area contributed by atoms with Gasteiger partial charge in [-0.3, -0.25) is 0 Å². The lowest BCUT2D eigenvalue weighted by Crippen LogP contribution is -2.56. The van der Waals surface area contributed by atoms with Crippen LogP contribution in [0.2, 0.25) is 0 Å². The summed E-state index contributed by atoms with van der Waals surface area (Å²) in [7, 11) is 0. The van der Waals surface area contributed by atoms with E-state index in [9.17, 15) is 31.6 Å². The molecule has 0 N–H and O–H groups in total. The highest BCUT2D eigenvalue weighted by Gasteiger charge is 2.69.